The number of nitrogens with zero attached hydrogens (tertiary/aromatic N) is 1. The molecule has 0 heterocycles. The lowest BCUT2D eigenvalue weighted by molar-refractivity contribution is -0.245. The average Bonchev–Trinajstić information content (AvgIpc) is 2.55. The summed E-state index contributed by atoms with van der Waals surface area (Å²) in [5, 5.41) is -12.0. The fourth-order valence-corrected chi connectivity index (χ4v) is 5.76. The number of nitrogens with one attached hydrogen (secondary N) is 2. The summed E-state index contributed by atoms with van der Waals surface area (Å²) in [6.45, 7) is -1.13. The van der Waals surface area contributed by atoms with Gasteiger partial charge < -0.3 is 5.32 Å². The van der Waals surface area contributed by atoms with Gasteiger partial charge in [-0.25, -0.2) is 25.3 Å². The van der Waals surface area contributed by atoms with Gasteiger partial charge in [-0.2, -0.15) is 43.8 Å². The van der Waals surface area contributed by atoms with Crippen molar-refractivity contribution >= 4 is 30.1 Å². The molecule has 0 bridgehead atoms. The zero-order valence-electron chi connectivity index (χ0n) is 15.4. The molecule has 31 heavy (non-hydrogen) atoms. The van der Waals surface area contributed by atoms with Gasteiger partial charge in [0.15, 0.2) is 0 Å². The molecule has 0 radical (unpaired) electrons. The van der Waals surface area contributed by atoms with Crippen LogP contribution in [0.3, 0.4) is 0 Å². The lowest BCUT2D eigenvalue weighted by atomic mass is 10.3. The first kappa shape index (κ1) is 30.1. The largest absolute Gasteiger partial charge is 0.512 e. The maximum Gasteiger partial charge on any atom is 0.512 e. The Bertz CT molecular complexity index is 948. The first-order valence-electron chi connectivity index (χ1n) is 7.60. The van der Waals surface area contributed by atoms with E-state index in [0.29, 0.717) is 0 Å². The molecule has 0 aromatic rings. The van der Waals surface area contributed by atoms with Gasteiger partial charge in [0.05, 0.1) is 0 Å². The average molecular weight is 541 g/mol. The molecule has 2 N–H and O–H groups in total. The Kier molecular flexibility index (Phi) is 8.89. The number of rotatable bonds is 12. The highest BCUT2D eigenvalue weighted by Crippen LogP contribution is 2.51. The van der Waals surface area contributed by atoms with Gasteiger partial charge in [0.25, 0.3) is 20.0 Å². The van der Waals surface area contributed by atoms with Crippen LogP contribution in [0.2, 0.25) is 0 Å². The number of hydrogen-bond acceptors (Lipinski definition) is 7. The molecular weight excluding hydrogens is 525 g/mol. The second-order valence-corrected chi connectivity index (χ2v) is 11.3. The minimum absolute atomic E-state index is 0.287. The maximum absolute atomic E-state index is 14.1. The second kappa shape index (κ2) is 9.15. The summed E-state index contributed by atoms with van der Waals surface area (Å²) < 4.78 is 187. The SMILES string of the molecule is CCCN(CCNC)S(=O)(=O)C(F)(F)C(F)(F)C(F)(F)S(=O)(=O)NS(=O)(=O)C(F)(F)F. The standard InChI is InChI=1S/C10H16F9N3O6S3/c1-3-5-22(6-4-20-2)31(27,28)9(15,16)7(11,12)8(13,14)29(23,24)21-30(25,26)10(17,18)19/h20-21H,3-6H2,1-2H3. The van der Waals surface area contributed by atoms with E-state index in [0.717, 1.165) is 0 Å². The van der Waals surface area contributed by atoms with Crippen LogP contribution in [0.1, 0.15) is 13.3 Å². The van der Waals surface area contributed by atoms with Crippen molar-refractivity contribution in [2.75, 3.05) is 26.7 Å². The quantitative estimate of drug-likeness (QED) is 0.350. The van der Waals surface area contributed by atoms with Crippen LogP contribution in [-0.4, -0.2) is 78.2 Å². The molecule has 0 amide bonds. The molecule has 0 aliphatic rings. The van der Waals surface area contributed by atoms with E-state index in [1.807, 2.05) is 0 Å². The van der Waals surface area contributed by atoms with Crippen LogP contribution in [-0.2, 0) is 30.1 Å². The molecule has 0 aromatic carbocycles. The van der Waals surface area contributed by atoms with Crippen molar-refractivity contribution in [2.24, 2.45) is 0 Å². The second-order valence-electron chi connectivity index (χ2n) is 5.65. The summed E-state index contributed by atoms with van der Waals surface area (Å²) in [4.78, 5) is 0. The molecular formula is C10H16F9N3O6S3. The Labute approximate surface area is 171 Å². The smallest absolute Gasteiger partial charge is 0.318 e. The van der Waals surface area contributed by atoms with Gasteiger partial charge in [-0.15, -0.1) is 0 Å². The Balaban J connectivity index is 6.53. The van der Waals surface area contributed by atoms with E-state index in [2.05, 4.69) is 5.32 Å². The highest BCUT2D eigenvalue weighted by Gasteiger charge is 2.83. The zero-order chi connectivity index (χ0) is 25.3. The number of halogens is 9. The summed E-state index contributed by atoms with van der Waals surface area (Å²) in [7, 11) is -20.6. The number of likely N-dealkylation sites (N-methyl/N-ethyl adjacent to an activating group) is 1. The Morgan fingerprint density at radius 2 is 1.19 bits per heavy atom. The maximum atomic E-state index is 14.1. The van der Waals surface area contributed by atoms with Crippen molar-refractivity contribution < 1.29 is 64.8 Å². The molecule has 0 atom stereocenters. The Morgan fingerprint density at radius 3 is 1.55 bits per heavy atom. The molecule has 0 aromatic heterocycles. The fourth-order valence-electron chi connectivity index (χ4n) is 1.74. The molecule has 188 valence electrons. The Hall–Kier alpha value is -0.900. The van der Waals surface area contributed by atoms with Crippen molar-refractivity contribution in [3.05, 3.63) is 0 Å². The first-order chi connectivity index (χ1) is 13.5. The van der Waals surface area contributed by atoms with E-state index in [9.17, 15) is 64.8 Å². The van der Waals surface area contributed by atoms with E-state index >= 15 is 0 Å². The van der Waals surface area contributed by atoms with E-state index in [1.165, 1.54) is 14.0 Å². The highest BCUT2D eigenvalue weighted by atomic mass is 32.3. The monoisotopic (exact) mass is 541 g/mol. The van der Waals surface area contributed by atoms with Gasteiger partial charge in [-0.05, 0) is 13.5 Å². The predicted octanol–water partition coefficient (Wildman–Crippen LogP) is 0.837. The van der Waals surface area contributed by atoms with Crippen molar-refractivity contribution in [3.8, 4) is 0 Å². The summed E-state index contributed by atoms with van der Waals surface area (Å²) in [5.74, 6) is -7.42. The van der Waals surface area contributed by atoms with Gasteiger partial charge in [0.2, 0.25) is 0 Å². The van der Waals surface area contributed by atoms with Crippen LogP contribution in [0.5, 0.6) is 0 Å². The normalized spacial score (nSPS) is 15.5. The topological polar surface area (TPSA) is 130 Å². The molecule has 0 saturated heterocycles. The van der Waals surface area contributed by atoms with Gasteiger partial charge >= 0.3 is 32.0 Å². The lowest BCUT2D eigenvalue weighted by Crippen LogP contribution is -2.65. The van der Waals surface area contributed by atoms with Crippen LogP contribution in [0, 0.1) is 0 Å². The molecule has 0 spiro atoms. The highest BCUT2D eigenvalue weighted by molar-refractivity contribution is 8.05. The predicted molar refractivity (Wildman–Crippen MR) is 86.6 cm³/mol. The minimum atomic E-state index is -7.77. The summed E-state index contributed by atoms with van der Waals surface area (Å²) >= 11 is 0. The van der Waals surface area contributed by atoms with E-state index in [-0.39, 0.29) is 10.7 Å². The van der Waals surface area contributed by atoms with Crippen LogP contribution in [0.15, 0.2) is 0 Å². The van der Waals surface area contributed by atoms with Gasteiger partial charge in [-0.3, -0.25) is 0 Å². The Morgan fingerprint density at radius 1 is 0.742 bits per heavy atom. The fraction of sp³-hybridized carbons (Fsp3) is 1.00. The third-order valence-corrected chi connectivity index (χ3v) is 8.59. The molecule has 21 heteroatoms. The first-order valence-corrected chi connectivity index (χ1v) is 12.0. The van der Waals surface area contributed by atoms with Gasteiger partial charge in [-0.1, -0.05) is 11.1 Å². The van der Waals surface area contributed by atoms with Crippen molar-refractivity contribution in [2.45, 2.75) is 35.3 Å². The zero-order valence-corrected chi connectivity index (χ0v) is 17.8. The summed E-state index contributed by atoms with van der Waals surface area (Å²) in [5.41, 5.74) is -6.62. The van der Waals surface area contributed by atoms with Gasteiger partial charge in [0.1, 0.15) is 0 Å². The molecule has 0 aliphatic carbocycles. The van der Waals surface area contributed by atoms with Crippen molar-refractivity contribution in [3.63, 3.8) is 0 Å². The molecule has 0 rings (SSSR count). The third-order valence-electron chi connectivity index (χ3n) is 3.34. The van der Waals surface area contributed by atoms with Crippen molar-refractivity contribution in [1.29, 1.82) is 0 Å². The van der Waals surface area contributed by atoms with Crippen LogP contribution in [0.25, 0.3) is 0 Å². The van der Waals surface area contributed by atoms with E-state index < -0.39 is 75.8 Å². The van der Waals surface area contributed by atoms with E-state index in [4.69, 9.17) is 0 Å². The minimum Gasteiger partial charge on any atom is -0.318 e. The molecule has 0 fully saturated rings. The lowest BCUT2D eigenvalue weighted by Gasteiger charge is -2.34. The van der Waals surface area contributed by atoms with Crippen LogP contribution >= 0.6 is 0 Å². The number of hydrogen-bond donors (Lipinski definition) is 2. The molecule has 0 aliphatic heterocycles. The third kappa shape index (κ3) is 5.37. The summed E-state index contributed by atoms with van der Waals surface area (Å²) in [6, 6.07) is 0. The number of sulfonamides is 3. The van der Waals surface area contributed by atoms with Crippen LogP contribution in [0.4, 0.5) is 39.5 Å². The molecule has 0 saturated carbocycles. The van der Waals surface area contributed by atoms with Gasteiger partial charge in [0, 0.05) is 19.6 Å². The van der Waals surface area contributed by atoms with E-state index in [1.54, 1.807) is 0 Å². The van der Waals surface area contributed by atoms with Crippen molar-refractivity contribution in [1.82, 2.24) is 13.7 Å². The molecule has 9 nitrogen and oxygen atoms in total. The molecule has 0 unspecified atom stereocenters. The summed E-state index contributed by atoms with van der Waals surface area (Å²) in [6.07, 6.45) is -0.287. The number of alkyl halides is 9. The van der Waals surface area contributed by atoms with Crippen LogP contribution < -0.4 is 9.44 Å².